The van der Waals surface area contributed by atoms with Crippen molar-refractivity contribution in [3.8, 4) is 5.82 Å². The van der Waals surface area contributed by atoms with Crippen LogP contribution in [0.4, 0.5) is 0 Å². The fourth-order valence-electron chi connectivity index (χ4n) is 2.00. The summed E-state index contributed by atoms with van der Waals surface area (Å²) in [6, 6.07) is 5.87. The minimum absolute atomic E-state index is 0.560. The summed E-state index contributed by atoms with van der Waals surface area (Å²) in [5.74, 6) is 0.776. The lowest BCUT2D eigenvalue weighted by atomic mass is 10.3. The van der Waals surface area contributed by atoms with Crippen LogP contribution >= 0.6 is 11.6 Å². The van der Waals surface area contributed by atoms with Gasteiger partial charge in [-0.15, -0.1) is 0 Å². The van der Waals surface area contributed by atoms with Crippen molar-refractivity contribution in [2.45, 2.75) is 6.42 Å². The Bertz CT molecular complexity index is 685. The molecule has 3 rings (SSSR count). The molecule has 0 saturated heterocycles. The van der Waals surface area contributed by atoms with Crippen molar-refractivity contribution >= 4 is 17.2 Å². The van der Waals surface area contributed by atoms with E-state index in [4.69, 9.17) is 17.3 Å². The predicted octanol–water partition coefficient (Wildman–Crippen LogP) is 1.67. The van der Waals surface area contributed by atoms with Crippen LogP contribution in [0.1, 0.15) is 5.69 Å². The topological polar surface area (TPSA) is 61.1 Å². The van der Waals surface area contributed by atoms with E-state index in [1.54, 1.807) is 17.1 Å². The maximum atomic E-state index is 5.90. The summed E-state index contributed by atoms with van der Waals surface area (Å²) in [7, 11) is 0. The van der Waals surface area contributed by atoms with E-state index < -0.39 is 0 Å². The molecule has 0 aliphatic rings. The highest BCUT2D eigenvalue weighted by Crippen LogP contribution is 2.18. The second-order valence-corrected chi connectivity index (χ2v) is 4.39. The Hall–Kier alpha value is -1.85. The minimum Gasteiger partial charge on any atom is -0.330 e. The molecule has 0 aliphatic carbocycles. The summed E-state index contributed by atoms with van der Waals surface area (Å²) in [5.41, 5.74) is 7.58. The Balaban J connectivity index is 2.24. The normalized spacial score (nSPS) is 11.2. The van der Waals surface area contributed by atoms with Gasteiger partial charge in [0, 0.05) is 12.6 Å². The summed E-state index contributed by atoms with van der Waals surface area (Å²) < 4.78 is 3.71. The molecule has 6 heteroatoms. The van der Waals surface area contributed by atoms with Crippen molar-refractivity contribution in [3.63, 3.8) is 0 Å². The number of nitrogens with zero attached hydrogens (tertiary/aromatic N) is 4. The molecule has 92 valence electrons. The van der Waals surface area contributed by atoms with Gasteiger partial charge >= 0.3 is 0 Å². The second kappa shape index (κ2) is 4.44. The maximum Gasteiger partial charge on any atom is 0.175 e. The monoisotopic (exact) mass is 261 g/mol. The maximum absolute atomic E-state index is 5.90. The zero-order valence-electron chi connectivity index (χ0n) is 9.62. The molecule has 0 aromatic carbocycles. The number of hydrogen-bond donors (Lipinski definition) is 1. The van der Waals surface area contributed by atoms with Crippen molar-refractivity contribution in [1.82, 2.24) is 19.2 Å². The van der Waals surface area contributed by atoms with Crippen LogP contribution in [0.5, 0.6) is 0 Å². The van der Waals surface area contributed by atoms with Crippen molar-refractivity contribution in [2.75, 3.05) is 6.54 Å². The number of fused-ring (bicyclic) bond motifs is 1. The van der Waals surface area contributed by atoms with Crippen LogP contribution < -0.4 is 5.73 Å². The molecule has 3 aromatic heterocycles. The predicted molar refractivity (Wildman–Crippen MR) is 70.1 cm³/mol. The number of aromatic nitrogens is 4. The van der Waals surface area contributed by atoms with Crippen molar-refractivity contribution in [2.24, 2.45) is 5.73 Å². The molecular formula is C12H12ClN5. The van der Waals surface area contributed by atoms with Gasteiger partial charge in [-0.1, -0.05) is 17.7 Å². The molecule has 0 unspecified atom stereocenters. The molecule has 0 saturated carbocycles. The Morgan fingerprint density at radius 2 is 2.22 bits per heavy atom. The van der Waals surface area contributed by atoms with Crippen LogP contribution in [0, 0.1) is 0 Å². The van der Waals surface area contributed by atoms with Gasteiger partial charge in [0.15, 0.2) is 5.82 Å². The fourth-order valence-corrected chi connectivity index (χ4v) is 2.14. The molecule has 3 aromatic rings. The van der Waals surface area contributed by atoms with Crippen LogP contribution in [0.25, 0.3) is 11.5 Å². The van der Waals surface area contributed by atoms with E-state index in [0.29, 0.717) is 11.6 Å². The van der Waals surface area contributed by atoms with Crippen molar-refractivity contribution < 1.29 is 0 Å². The SMILES string of the molecule is NCCc1c(-n2cc(Cl)cn2)nc2ccccn12. The summed E-state index contributed by atoms with van der Waals surface area (Å²) in [5, 5.41) is 4.78. The number of pyridine rings is 1. The molecule has 0 aliphatic heterocycles. The largest absolute Gasteiger partial charge is 0.330 e. The van der Waals surface area contributed by atoms with Gasteiger partial charge in [-0.3, -0.25) is 0 Å². The second-order valence-electron chi connectivity index (χ2n) is 3.95. The van der Waals surface area contributed by atoms with Crippen LogP contribution in [-0.4, -0.2) is 25.7 Å². The van der Waals surface area contributed by atoms with Crippen LogP contribution in [0.3, 0.4) is 0 Å². The first-order chi connectivity index (χ1) is 8.79. The number of halogens is 1. The average Bonchev–Trinajstić information content (AvgIpc) is 2.95. The molecule has 0 bridgehead atoms. The first-order valence-electron chi connectivity index (χ1n) is 5.66. The third-order valence-corrected chi connectivity index (χ3v) is 2.95. The zero-order valence-corrected chi connectivity index (χ0v) is 10.4. The smallest absolute Gasteiger partial charge is 0.175 e. The van der Waals surface area contributed by atoms with Gasteiger partial charge < -0.3 is 10.1 Å². The standard InChI is InChI=1S/C12H12ClN5/c13-9-7-15-18(8-9)12-10(4-5-14)17-6-2-1-3-11(17)16-12/h1-3,6-8H,4-5,14H2. The van der Waals surface area contributed by atoms with Crippen LogP contribution in [-0.2, 0) is 6.42 Å². The summed E-state index contributed by atoms with van der Waals surface area (Å²) in [4.78, 5) is 4.56. The van der Waals surface area contributed by atoms with E-state index in [0.717, 1.165) is 23.6 Å². The molecular weight excluding hydrogens is 250 g/mol. The summed E-state index contributed by atoms with van der Waals surface area (Å²) in [6.45, 7) is 0.560. The Labute approximate surface area is 109 Å². The molecule has 0 amide bonds. The van der Waals surface area contributed by atoms with E-state index >= 15 is 0 Å². The lowest BCUT2D eigenvalue weighted by Crippen LogP contribution is -2.08. The molecule has 3 heterocycles. The van der Waals surface area contributed by atoms with Crippen molar-refractivity contribution in [1.29, 1.82) is 0 Å². The molecule has 18 heavy (non-hydrogen) atoms. The van der Waals surface area contributed by atoms with Crippen LogP contribution in [0.2, 0.25) is 5.02 Å². The van der Waals surface area contributed by atoms with Gasteiger partial charge in [0.2, 0.25) is 0 Å². The molecule has 5 nitrogen and oxygen atoms in total. The average molecular weight is 262 g/mol. The summed E-state index contributed by atoms with van der Waals surface area (Å²) >= 11 is 5.90. The van der Waals surface area contributed by atoms with E-state index in [1.165, 1.54) is 0 Å². The lowest BCUT2D eigenvalue weighted by Gasteiger charge is -2.02. The third-order valence-electron chi connectivity index (χ3n) is 2.76. The highest BCUT2D eigenvalue weighted by Gasteiger charge is 2.13. The molecule has 2 N–H and O–H groups in total. The summed E-state index contributed by atoms with van der Waals surface area (Å²) in [6.07, 6.45) is 6.04. The van der Waals surface area contributed by atoms with E-state index in [9.17, 15) is 0 Å². The molecule has 0 atom stereocenters. The lowest BCUT2D eigenvalue weighted by molar-refractivity contribution is 0.816. The number of rotatable bonds is 3. The van der Waals surface area contributed by atoms with Gasteiger partial charge in [-0.2, -0.15) is 5.10 Å². The first-order valence-corrected chi connectivity index (χ1v) is 6.04. The van der Waals surface area contributed by atoms with E-state index in [2.05, 4.69) is 10.1 Å². The number of nitrogens with two attached hydrogens (primary N) is 1. The minimum atomic E-state index is 0.560. The van der Waals surface area contributed by atoms with Gasteiger partial charge in [0.25, 0.3) is 0 Å². The Morgan fingerprint density at radius 3 is 2.94 bits per heavy atom. The molecule has 0 fully saturated rings. The number of hydrogen-bond acceptors (Lipinski definition) is 3. The molecule has 0 spiro atoms. The quantitative estimate of drug-likeness (QED) is 0.780. The van der Waals surface area contributed by atoms with Gasteiger partial charge in [0.05, 0.1) is 23.1 Å². The fraction of sp³-hybridized carbons (Fsp3) is 0.167. The van der Waals surface area contributed by atoms with E-state index in [1.807, 2.05) is 28.8 Å². The van der Waals surface area contributed by atoms with Gasteiger partial charge in [0.1, 0.15) is 5.65 Å². The van der Waals surface area contributed by atoms with E-state index in [-0.39, 0.29) is 0 Å². The first kappa shape index (κ1) is 11.3. The van der Waals surface area contributed by atoms with Crippen LogP contribution in [0.15, 0.2) is 36.8 Å². The Morgan fingerprint density at radius 1 is 1.33 bits per heavy atom. The Kier molecular flexibility index (Phi) is 2.77. The molecule has 0 radical (unpaired) electrons. The highest BCUT2D eigenvalue weighted by molar-refractivity contribution is 6.30. The highest BCUT2D eigenvalue weighted by atomic mass is 35.5. The third kappa shape index (κ3) is 1.77. The number of imidazole rings is 1. The zero-order chi connectivity index (χ0) is 12.5. The van der Waals surface area contributed by atoms with Crippen molar-refractivity contribution in [3.05, 3.63) is 47.5 Å². The van der Waals surface area contributed by atoms with Gasteiger partial charge in [-0.05, 0) is 18.7 Å². The van der Waals surface area contributed by atoms with Gasteiger partial charge in [-0.25, -0.2) is 9.67 Å².